The average molecular weight is 304 g/mol. The third-order valence-corrected chi connectivity index (χ3v) is 2.65. The summed E-state index contributed by atoms with van der Waals surface area (Å²) in [7, 11) is -4.74. The molecule has 1 rings (SSSR count). The van der Waals surface area contributed by atoms with Crippen molar-refractivity contribution >= 4 is 33.7 Å². The van der Waals surface area contributed by atoms with Gasteiger partial charge >= 0.3 is 16.4 Å². The zero-order valence-corrected chi connectivity index (χ0v) is 10.2. The summed E-state index contributed by atoms with van der Waals surface area (Å²) in [6.07, 6.45) is -3.98. The number of halogens is 5. The van der Waals surface area contributed by atoms with Gasteiger partial charge in [-0.1, -0.05) is 11.6 Å². The van der Waals surface area contributed by atoms with E-state index < -0.39 is 32.7 Å². The molecule has 9 heteroatoms. The van der Waals surface area contributed by atoms with Crippen LogP contribution in [0.25, 0.3) is 0 Å². The van der Waals surface area contributed by atoms with Gasteiger partial charge in [0, 0.05) is 6.21 Å². The smallest absolute Gasteiger partial charge is 0.260 e. The van der Waals surface area contributed by atoms with Gasteiger partial charge in [0.2, 0.25) is 0 Å². The van der Waals surface area contributed by atoms with Crippen molar-refractivity contribution in [2.75, 3.05) is 5.75 Å². The number of alkyl halides is 3. The first kappa shape index (κ1) is 14.9. The average Bonchev–Trinajstić information content (AvgIpc) is 2.17. The molecule has 0 bridgehead atoms. The van der Waals surface area contributed by atoms with Crippen LogP contribution in [0, 0.1) is 0 Å². The lowest BCUT2D eigenvalue weighted by Crippen LogP contribution is -2.05. The minimum absolute atomic E-state index is 0.171. The van der Waals surface area contributed by atoms with Gasteiger partial charge in [0.25, 0.3) is 0 Å². The molecule has 1 aromatic carbocycles. The summed E-state index contributed by atoms with van der Waals surface area (Å²) in [5, 5.41) is -0.500. The molecule has 0 fully saturated rings. The molecule has 0 unspecified atom stereocenters. The van der Waals surface area contributed by atoms with E-state index in [0.717, 1.165) is 12.1 Å². The molecule has 0 aromatic heterocycles. The van der Waals surface area contributed by atoms with Crippen molar-refractivity contribution in [1.82, 2.24) is 0 Å². The van der Waals surface area contributed by atoms with Crippen LogP contribution >= 0.6 is 11.6 Å². The molecule has 1 aromatic rings. The SMILES string of the molecule is O=S(=O)(F)CC=Nc1ccc(Cl)c(C(F)(F)F)c1. The first-order chi connectivity index (χ1) is 8.09. The van der Waals surface area contributed by atoms with E-state index in [9.17, 15) is 25.5 Å². The molecule has 0 heterocycles. The number of aliphatic imine (C=N–C) groups is 1. The van der Waals surface area contributed by atoms with E-state index in [2.05, 4.69) is 4.99 Å². The maximum Gasteiger partial charge on any atom is 0.417 e. The molecule has 3 nitrogen and oxygen atoms in total. The lowest BCUT2D eigenvalue weighted by atomic mass is 10.2. The Bertz CT molecular complexity index is 568. The van der Waals surface area contributed by atoms with Gasteiger partial charge < -0.3 is 0 Å². The van der Waals surface area contributed by atoms with Gasteiger partial charge in [-0.05, 0) is 18.2 Å². The zero-order chi connectivity index (χ0) is 14.0. The summed E-state index contributed by atoms with van der Waals surface area (Å²) in [5.74, 6) is -1.00. The normalized spacial score (nSPS) is 13.2. The first-order valence-corrected chi connectivity index (χ1v) is 6.34. The Labute approximate surface area is 105 Å². The Balaban J connectivity index is 3.00. The molecule has 0 aliphatic heterocycles. The number of hydrogen-bond donors (Lipinski definition) is 0. The summed E-state index contributed by atoms with van der Waals surface area (Å²) >= 11 is 5.36. The fourth-order valence-corrected chi connectivity index (χ4v) is 1.52. The largest absolute Gasteiger partial charge is 0.417 e. The molecule has 0 aliphatic rings. The van der Waals surface area contributed by atoms with Crippen LogP contribution in [0.15, 0.2) is 23.2 Å². The number of benzene rings is 1. The van der Waals surface area contributed by atoms with E-state index in [1.54, 1.807) is 0 Å². The van der Waals surface area contributed by atoms with Crippen molar-refractivity contribution in [2.45, 2.75) is 6.18 Å². The Hall–Kier alpha value is -1.15. The highest BCUT2D eigenvalue weighted by molar-refractivity contribution is 7.87. The minimum atomic E-state index is -4.74. The topological polar surface area (TPSA) is 46.5 Å². The van der Waals surface area contributed by atoms with Crippen molar-refractivity contribution in [3.63, 3.8) is 0 Å². The van der Waals surface area contributed by atoms with Crippen LogP contribution in [0.4, 0.5) is 22.7 Å². The summed E-state index contributed by atoms with van der Waals surface area (Å²) < 4.78 is 69.7. The minimum Gasteiger partial charge on any atom is -0.260 e. The van der Waals surface area contributed by atoms with Crippen LogP contribution in [0.1, 0.15) is 5.56 Å². The van der Waals surface area contributed by atoms with Crippen molar-refractivity contribution in [3.8, 4) is 0 Å². The van der Waals surface area contributed by atoms with Crippen LogP contribution in [0.2, 0.25) is 5.02 Å². The van der Waals surface area contributed by atoms with E-state index in [4.69, 9.17) is 11.6 Å². The summed E-state index contributed by atoms with van der Waals surface area (Å²) in [5.41, 5.74) is -1.27. The monoisotopic (exact) mass is 303 g/mol. The van der Waals surface area contributed by atoms with Crippen LogP contribution in [0.3, 0.4) is 0 Å². The van der Waals surface area contributed by atoms with Crippen LogP contribution in [-0.4, -0.2) is 20.4 Å². The molecule has 100 valence electrons. The molecular formula is C9H6ClF4NO2S. The maximum absolute atomic E-state index is 12.4. The van der Waals surface area contributed by atoms with Gasteiger partial charge in [0.05, 0.1) is 16.3 Å². The van der Waals surface area contributed by atoms with Crippen molar-refractivity contribution in [2.24, 2.45) is 4.99 Å². The molecule has 0 saturated carbocycles. The van der Waals surface area contributed by atoms with Crippen LogP contribution in [-0.2, 0) is 16.4 Å². The number of nitrogens with zero attached hydrogens (tertiary/aromatic N) is 1. The molecule has 0 N–H and O–H groups in total. The number of hydrogen-bond acceptors (Lipinski definition) is 3. The highest BCUT2D eigenvalue weighted by Crippen LogP contribution is 2.36. The van der Waals surface area contributed by atoms with Crippen molar-refractivity contribution in [3.05, 3.63) is 28.8 Å². The van der Waals surface area contributed by atoms with E-state index in [-0.39, 0.29) is 5.69 Å². The Morgan fingerprint density at radius 1 is 1.33 bits per heavy atom. The van der Waals surface area contributed by atoms with Gasteiger partial charge in [0.15, 0.2) is 0 Å². The molecule has 0 spiro atoms. The Kier molecular flexibility index (Phi) is 4.33. The van der Waals surface area contributed by atoms with Crippen LogP contribution < -0.4 is 0 Å². The van der Waals surface area contributed by atoms with Crippen LogP contribution in [0.5, 0.6) is 0 Å². The third kappa shape index (κ3) is 4.61. The summed E-state index contributed by atoms with van der Waals surface area (Å²) in [6.45, 7) is 0. The Morgan fingerprint density at radius 3 is 2.44 bits per heavy atom. The highest BCUT2D eigenvalue weighted by Gasteiger charge is 2.33. The molecular weight excluding hydrogens is 298 g/mol. The fraction of sp³-hybridized carbons (Fsp3) is 0.222. The van der Waals surface area contributed by atoms with E-state index >= 15 is 0 Å². The molecule has 18 heavy (non-hydrogen) atoms. The van der Waals surface area contributed by atoms with Gasteiger partial charge in [-0.2, -0.15) is 21.6 Å². The predicted molar refractivity (Wildman–Crippen MR) is 59.5 cm³/mol. The molecule has 0 atom stereocenters. The quantitative estimate of drug-likeness (QED) is 0.488. The summed E-state index contributed by atoms with van der Waals surface area (Å²) in [6, 6.07) is 2.77. The fourth-order valence-electron chi connectivity index (χ4n) is 1.04. The first-order valence-electron chi connectivity index (χ1n) is 4.41. The summed E-state index contributed by atoms with van der Waals surface area (Å²) in [4.78, 5) is 3.40. The van der Waals surface area contributed by atoms with Gasteiger partial charge in [-0.3, -0.25) is 4.99 Å². The number of rotatable bonds is 3. The molecule has 0 radical (unpaired) electrons. The van der Waals surface area contributed by atoms with E-state index in [1.165, 1.54) is 0 Å². The molecule has 0 amide bonds. The maximum atomic E-state index is 12.4. The lowest BCUT2D eigenvalue weighted by Gasteiger charge is -2.08. The van der Waals surface area contributed by atoms with Gasteiger partial charge in [0.1, 0.15) is 5.75 Å². The molecule has 0 saturated heterocycles. The van der Waals surface area contributed by atoms with Gasteiger partial charge in [-0.25, -0.2) is 0 Å². The Morgan fingerprint density at radius 2 is 1.94 bits per heavy atom. The second-order valence-corrected chi connectivity index (χ2v) is 5.00. The zero-order valence-electron chi connectivity index (χ0n) is 8.58. The van der Waals surface area contributed by atoms with Gasteiger partial charge in [-0.15, -0.1) is 3.89 Å². The second kappa shape index (κ2) is 5.23. The second-order valence-electron chi connectivity index (χ2n) is 3.18. The molecule has 0 aliphatic carbocycles. The van der Waals surface area contributed by atoms with Crippen molar-refractivity contribution in [1.29, 1.82) is 0 Å². The third-order valence-electron chi connectivity index (χ3n) is 1.77. The van der Waals surface area contributed by atoms with E-state index in [1.807, 2.05) is 0 Å². The van der Waals surface area contributed by atoms with Crippen molar-refractivity contribution < 1.29 is 25.5 Å². The highest BCUT2D eigenvalue weighted by atomic mass is 35.5. The standard InChI is InChI=1S/C9H6ClF4NO2S/c10-8-2-1-6(5-7(8)9(11,12)13)15-3-4-18(14,16)17/h1-3,5H,4H2. The lowest BCUT2D eigenvalue weighted by molar-refractivity contribution is -0.137. The predicted octanol–water partition coefficient (Wildman–Crippen LogP) is 3.36. The van der Waals surface area contributed by atoms with E-state index in [0.29, 0.717) is 12.3 Å².